The predicted octanol–water partition coefficient (Wildman–Crippen LogP) is 1.27. The molecule has 0 fully saturated rings. The van der Waals surface area contributed by atoms with E-state index in [4.69, 9.17) is 0 Å². The van der Waals surface area contributed by atoms with Crippen LogP contribution in [0.15, 0.2) is 52.3 Å². The number of carbonyl (C=O) groups is 1. The lowest BCUT2D eigenvalue weighted by molar-refractivity contribution is -0.796. The fraction of sp³-hybridized carbons (Fsp3) is 0.100. The van der Waals surface area contributed by atoms with Gasteiger partial charge in [-0.15, -0.1) is 5.11 Å². The molecule has 1 heterocycles. The minimum absolute atomic E-state index is 0.239. The highest BCUT2D eigenvalue weighted by molar-refractivity contribution is 5.96. The summed E-state index contributed by atoms with van der Waals surface area (Å²) < 4.78 is 0. The van der Waals surface area contributed by atoms with Crippen LogP contribution in [0.2, 0.25) is 0 Å². The monoisotopic (exact) mass is 262 g/mol. The molecule has 19 heavy (non-hydrogen) atoms. The fourth-order valence-corrected chi connectivity index (χ4v) is 1.79. The fourth-order valence-electron chi connectivity index (χ4n) is 1.79. The molecule has 1 amide bonds. The van der Waals surface area contributed by atoms with Gasteiger partial charge in [0.1, 0.15) is 15.4 Å². The van der Waals surface area contributed by atoms with Gasteiger partial charge in [0.15, 0.2) is 5.57 Å². The second-order valence-electron chi connectivity index (χ2n) is 3.62. The van der Waals surface area contributed by atoms with Gasteiger partial charge in [-0.3, -0.25) is 25.0 Å². The molecule has 96 valence electrons. The lowest BCUT2D eigenvalue weighted by Gasteiger charge is -2.16. The Balaban J connectivity index is 2.73. The number of hydrogen-bond acceptors (Lipinski definition) is 6. The van der Waals surface area contributed by atoms with Gasteiger partial charge in [-0.2, -0.15) is 5.11 Å². The van der Waals surface area contributed by atoms with Crippen molar-refractivity contribution >= 4 is 5.91 Å². The summed E-state index contributed by atoms with van der Waals surface area (Å²) in [4.78, 5) is 31.8. The number of benzene rings is 1. The number of hydrogen-bond donors (Lipinski definition) is 0. The number of rotatable bonds is 4. The Morgan fingerprint density at radius 1 is 1.05 bits per heavy atom. The largest absolute Gasteiger partial charge is 0.517 e. The summed E-state index contributed by atoms with van der Waals surface area (Å²) >= 11 is 0. The molecule has 0 aromatic heterocycles. The average molecular weight is 262 g/mol. The average Bonchev–Trinajstić information content (AvgIpc) is 2.78. The van der Waals surface area contributed by atoms with Gasteiger partial charge in [-0.25, -0.2) is 0 Å². The molecule has 1 aliphatic heterocycles. The van der Waals surface area contributed by atoms with E-state index in [1.54, 1.807) is 6.07 Å². The molecule has 0 atom stereocenters. The van der Waals surface area contributed by atoms with E-state index < -0.39 is 27.0 Å². The minimum atomic E-state index is -2.89. The summed E-state index contributed by atoms with van der Waals surface area (Å²) in [6, 6.07) is 6.78. The standard InChI is InChI=1S/C10H6N4O5/c15-9-8(6-11-12-9)10(13(16)17,14(18)19)7-4-2-1-3-5-7/h1-6H. The van der Waals surface area contributed by atoms with Crippen LogP contribution in [0.5, 0.6) is 0 Å². The van der Waals surface area contributed by atoms with E-state index in [2.05, 4.69) is 10.2 Å². The van der Waals surface area contributed by atoms with Crippen molar-refractivity contribution in [3.05, 3.63) is 67.9 Å². The molecular formula is C10H6N4O5. The van der Waals surface area contributed by atoms with Crippen LogP contribution < -0.4 is 0 Å². The molecule has 0 saturated carbocycles. The summed E-state index contributed by atoms with van der Waals surface area (Å²) in [6.45, 7) is 0. The van der Waals surface area contributed by atoms with Crippen LogP contribution in [0.4, 0.5) is 0 Å². The van der Waals surface area contributed by atoms with E-state index in [0.717, 1.165) is 6.20 Å². The molecule has 9 nitrogen and oxygen atoms in total. The molecule has 1 aromatic carbocycles. The van der Waals surface area contributed by atoms with Crippen LogP contribution in [0.25, 0.3) is 0 Å². The second kappa shape index (κ2) is 4.37. The van der Waals surface area contributed by atoms with Gasteiger partial charge in [-0.1, -0.05) is 18.2 Å². The van der Waals surface area contributed by atoms with Crippen molar-refractivity contribution in [3.8, 4) is 0 Å². The van der Waals surface area contributed by atoms with Gasteiger partial charge in [0, 0.05) is 0 Å². The van der Waals surface area contributed by atoms with Gasteiger partial charge in [-0.05, 0) is 12.1 Å². The maximum Gasteiger partial charge on any atom is 0.517 e. The zero-order valence-corrected chi connectivity index (χ0v) is 9.29. The molecule has 0 bridgehead atoms. The van der Waals surface area contributed by atoms with Crippen molar-refractivity contribution in [2.24, 2.45) is 10.2 Å². The molecule has 2 rings (SSSR count). The van der Waals surface area contributed by atoms with E-state index in [-0.39, 0.29) is 5.56 Å². The zero-order chi connectivity index (χ0) is 14.0. The highest BCUT2D eigenvalue weighted by Crippen LogP contribution is 2.36. The minimum Gasteiger partial charge on any atom is -0.265 e. The zero-order valence-electron chi connectivity index (χ0n) is 9.29. The Labute approximate surface area is 105 Å². The first kappa shape index (κ1) is 12.5. The summed E-state index contributed by atoms with van der Waals surface area (Å²) in [5.74, 6) is -1.09. The van der Waals surface area contributed by atoms with Crippen molar-refractivity contribution in [1.82, 2.24) is 0 Å². The Hall–Kier alpha value is -2.97. The van der Waals surface area contributed by atoms with Crippen molar-refractivity contribution in [2.75, 3.05) is 0 Å². The Morgan fingerprint density at radius 3 is 2.05 bits per heavy atom. The third-order valence-electron chi connectivity index (χ3n) is 2.65. The number of nitro groups is 2. The van der Waals surface area contributed by atoms with Crippen LogP contribution in [0, 0.1) is 20.2 Å². The van der Waals surface area contributed by atoms with Gasteiger partial charge in [0.25, 0.3) is 0 Å². The van der Waals surface area contributed by atoms with Crippen molar-refractivity contribution in [1.29, 1.82) is 0 Å². The molecule has 9 heteroatoms. The van der Waals surface area contributed by atoms with Crippen LogP contribution >= 0.6 is 0 Å². The highest BCUT2D eigenvalue weighted by Gasteiger charge is 2.65. The normalized spacial score (nSPS) is 14.3. The highest BCUT2D eigenvalue weighted by atomic mass is 16.7. The van der Waals surface area contributed by atoms with E-state index in [9.17, 15) is 25.0 Å². The third-order valence-corrected chi connectivity index (χ3v) is 2.65. The lowest BCUT2D eigenvalue weighted by atomic mass is 9.92. The summed E-state index contributed by atoms with van der Waals surface area (Å²) in [5, 5.41) is 28.8. The quantitative estimate of drug-likeness (QED) is 0.458. The molecule has 0 unspecified atom stereocenters. The van der Waals surface area contributed by atoms with E-state index in [0.29, 0.717) is 0 Å². The van der Waals surface area contributed by atoms with Gasteiger partial charge in [0.2, 0.25) is 0 Å². The maximum absolute atomic E-state index is 11.5. The smallest absolute Gasteiger partial charge is 0.265 e. The first-order valence-electron chi connectivity index (χ1n) is 5.01. The molecule has 0 spiro atoms. The number of azo groups is 1. The third kappa shape index (κ3) is 1.68. The maximum atomic E-state index is 11.5. The predicted molar refractivity (Wildman–Crippen MR) is 60.1 cm³/mol. The number of amides is 1. The van der Waals surface area contributed by atoms with E-state index >= 15 is 0 Å². The molecule has 1 aromatic rings. The molecule has 0 saturated heterocycles. The first-order valence-corrected chi connectivity index (χ1v) is 5.01. The topological polar surface area (TPSA) is 128 Å². The van der Waals surface area contributed by atoms with Crippen molar-refractivity contribution < 1.29 is 14.6 Å². The molecule has 0 N–H and O–H groups in total. The van der Waals surface area contributed by atoms with Crippen LogP contribution in [0.3, 0.4) is 0 Å². The Bertz CT molecular complexity index is 608. The number of carbonyl (C=O) groups excluding carboxylic acids is 1. The lowest BCUT2D eigenvalue weighted by Crippen LogP contribution is -2.46. The summed E-state index contributed by atoms with van der Waals surface area (Å²) in [6.07, 6.45) is 0.751. The second-order valence-corrected chi connectivity index (χ2v) is 3.62. The molecule has 0 aliphatic carbocycles. The van der Waals surface area contributed by atoms with Gasteiger partial charge < -0.3 is 0 Å². The van der Waals surface area contributed by atoms with E-state index in [1.807, 2.05) is 0 Å². The SMILES string of the molecule is O=C1N=NC=C1C(c1ccccc1)([N+](=O)[O-])[N+](=O)[O-]. The van der Waals surface area contributed by atoms with Gasteiger partial charge in [0.05, 0.1) is 6.20 Å². The summed E-state index contributed by atoms with van der Waals surface area (Å²) in [5.41, 5.74) is -3.81. The van der Waals surface area contributed by atoms with Crippen LogP contribution in [-0.4, -0.2) is 15.8 Å². The Morgan fingerprint density at radius 2 is 1.63 bits per heavy atom. The van der Waals surface area contributed by atoms with Crippen LogP contribution in [-0.2, 0) is 10.5 Å². The summed E-state index contributed by atoms with van der Waals surface area (Å²) in [7, 11) is 0. The van der Waals surface area contributed by atoms with Crippen LogP contribution in [0.1, 0.15) is 5.56 Å². The van der Waals surface area contributed by atoms with E-state index in [1.165, 1.54) is 24.3 Å². The Kier molecular flexibility index (Phi) is 2.87. The molecule has 1 aliphatic rings. The van der Waals surface area contributed by atoms with Gasteiger partial charge >= 0.3 is 11.6 Å². The first-order chi connectivity index (χ1) is 9.01. The van der Waals surface area contributed by atoms with Crippen molar-refractivity contribution in [3.63, 3.8) is 0 Å². The molecular weight excluding hydrogens is 256 g/mol. The molecule has 0 radical (unpaired) electrons. The van der Waals surface area contributed by atoms with Crippen molar-refractivity contribution in [2.45, 2.75) is 5.66 Å². The number of nitrogens with zero attached hydrogens (tertiary/aromatic N) is 4.